The normalized spacial score (nSPS) is 28.1. The van der Waals surface area contributed by atoms with Gasteiger partial charge in [0.2, 0.25) is 0 Å². The zero-order valence-corrected chi connectivity index (χ0v) is 9.33. The van der Waals surface area contributed by atoms with Crippen molar-refractivity contribution in [3.63, 3.8) is 0 Å². The molecule has 17 heavy (non-hydrogen) atoms. The van der Waals surface area contributed by atoms with Crippen molar-refractivity contribution in [2.24, 2.45) is 0 Å². The lowest BCUT2D eigenvalue weighted by molar-refractivity contribution is -0.263. The van der Waals surface area contributed by atoms with E-state index in [-0.39, 0.29) is 0 Å². The van der Waals surface area contributed by atoms with Crippen LogP contribution in [0, 0.1) is 0 Å². The van der Waals surface area contributed by atoms with Gasteiger partial charge in [0.15, 0.2) is 0 Å². The summed E-state index contributed by atoms with van der Waals surface area (Å²) in [5.41, 5.74) is 0.996. The van der Waals surface area contributed by atoms with Gasteiger partial charge in [0.1, 0.15) is 6.10 Å². The van der Waals surface area contributed by atoms with Gasteiger partial charge in [0, 0.05) is 7.11 Å². The van der Waals surface area contributed by atoms with E-state index in [0.29, 0.717) is 12.8 Å². The van der Waals surface area contributed by atoms with Crippen LogP contribution in [0.5, 0.6) is 0 Å². The number of benzene rings is 1. The minimum absolute atomic E-state index is 0.303. The van der Waals surface area contributed by atoms with Gasteiger partial charge in [-0.3, -0.25) is 0 Å². The summed E-state index contributed by atoms with van der Waals surface area (Å²) in [6.07, 6.45) is -4.51. The molecule has 0 N–H and O–H groups in total. The summed E-state index contributed by atoms with van der Waals surface area (Å²) < 4.78 is 47.0. The quantitative estimate of drug-likeness (QED) is 0.762. The SMILES string of the molecule is CO[C@@]1(C(F)(F)F)O[C@@H]1CCc1ccccc1. The van der Waals surface area contributed by atoms with Crippen molar-refractivity contribution in [1.82, 2.24) is 0 Å². The lowest BCUT2D eigenvalue weighted by atomic mass is 10.1. The summed E-state index contributed by atoms with van der Waals surface area (Å²) in [7, 11) is 1.02. The molecule has 2 atom stereocenters. The zero-order chi connectivity index (χ0) is 12.5. The predicted molar refractivity (Wildman–Crippen MR) is 55.4 cm³/mol. The van der Waals surface area contributed by atoms with E-state index in [1.54, 1.807) is 0 Å². The molecular formula is C12H13F3O2. The zero-order valence-electron chi connectivity index (χ0n) is 9.33. The topological polar surface area (TPSA) is 21.8 Å². The summed E-state index contributed by atoms with van der Waals surface area (Å²) in [5.74, 6) is -2.37. The van der Waals surface area contributed by atoms with Crippen molar-refractivity contribution >= 4 is 0 Å². The summed E-state index contributed by atoms with van der Waals surface area (Å²) in [6, 6.07) is 9.34. The van der Waals surface area contributed by atoms with Crippen molar-refractivity contribution in [2.75, 3.05) is 7.11 Å². The van der Waals surface area contributed by atoms with Gasteiger partial charge in [-0.25, -0.2) is 0 Å². The van der Waals surface area contributed by atoms with Gasteiger partial charge in [-0.1, -0.05) is 30.3 Å². The molecule has 0 spiro atoms. The molecule has 1 aliphatic heterocycles. The molecule has 2 nitrogen and oxygen atoms in total. The molecular weight excluding hydrogens is 233 g/mol. The monoisotopic (exact) mass is 246 g/mol. The Morgan fingerprint density at radius 2 is 1.94 bits per heavy atom. The molecule has 94 valence electrons. The summed E-state index contributed by atoms with van der Waals surface area (Å²) in [5, 5.41) is 0. The predicted octanol–water partition coefficient (Wildman–Crippen LogP) is 2.92. The second-order valence-electron chi connectivity index (χ2n) is 4.00. The first-order valence-corrected chi connectivity index (χ1v) is 5.33. The molecule has 0 bridgehead atoms. The van der Waals surface area contributed by atoms with Gasteiger partial charge in [-0.15, -0.1) is 0 Å². The molecule has 0 amide bonds. The van der Waals surface area contributed by atoms with E-state index in [1.807, 2.05) is 30.3 Å². The Morgan fingerprint density at radius 3 is 2.41 bits per heavy atom. The molecule has 2 rings (SSSR count). The largest absolute Gasteiger partial charge is 0.446 e. The Morgan fingerprint density at radius 1 is 1.29 bits per heavy atom. The maximum atomic E-state index is 12.6. The number of epoxide rings is 1. The molecule has 1 aliphatic rings. The molecule has 1 heterocycles. The minimum atomic E-state index is -4.47. The molecule has 5 heteroatoms. The fraction of sp³-hybridized carbons (Fsp3) is 0.500. The average Bonchev–Trinajstić information content (AvgIpc) is 3.02. The first-order valence-electron chi connectivity index (χ1n) is 5.33. The standard InChI is InChI=1S/C12H13F3O2/c1-16-11(12(13,14)15)10(17-11)8-7-9-5-3-2-4-6-9/h2-6,10H,7-8H2,1H3/t10-,11-/m1/s1. The van der Waals surface area contributed by atoms with Crippen LogP contribution < -0.4 is 0 Å². The number of halogens is 3. The van der Waals surface area contributed by atoms with E-state index < -0.39 is 18.1 Å². The highest BCUT2D eigenvalue weighted by molar-refractivity contribution is 5.15. The van der Waals surface area contributed by atoms with Gasteiger partial charge in [-0.2, -0.15) is 13.2 Å². The molecule has 1 aromatic rings. The molecule has 1 saturated heterocycles. The molecule has 0 aromatic heterocycles. The number of hydrogen-bond acceptors (Lipinski definition) is 2. The Hall–Kier alpha value is -1.07. The van der Waals surface area contributed by atoms with Crippen molar-refractivity contribution in [1.29, 1.82) is 0 Å². The average molecular weight is 246 g/mol. The smallest absolute Gasteiger partial charge is 0.344 e. The molecule has 1 fully saturated rings. The lowest BCUT2D eigenvalue weighted by Crippen LogP contribution is -2.37. The molecule has 1 aromatic carbocycles. The molecule has 0 aliphatic carbocycles. The van der Waals surface area contributed by atoms with E-state index in [4.69, 9.17) is 4.74 Å². The highest BCUT2D eigenvalue weighted by Gasteiger charge is 2.74. The van der Waals surface area contributed by atoms with Crippen LogP contribution in [-0.4, -0.2) is 25.2 Å². The van der Waals surface area contributed by atoms with Crippen LogP contribution in [0.4, 0.5) is 13.2 Å². The van der Waals surface area contributed by atoms with E-state index in [0.717, 1.165) is 12.7 Å². The van der Waals surface area contributed by atoms with Gasteiger partial charge < -0.3 is 9.47 Å². The number of aryl methyl sites for hydroxylation is 1. The third kappa shape index (κ3) is 2.30. The summed E-state index contributed by atoms with van der Waals surface area (Å²) >= 11 is 0. The first kappa shape index (κ1) is 12.4. The number of alkyl halides is 3. The summed E-state index contributed by atoms with van der Waals surface area (Å²) in [6.45, 7) is 0. The molecule has 0 unspecified atom stereocenters. The molecule has 0 saturated carbocycles. The lowest BCUT2D eigenvalue weighted by Gasteiger charge is -2.14. The van der Waals surface area contributed by atoms with Gasteiger partial charge in [-0.05, 0) is 18.4 Å². The number of ether oxygens (including phenoxy) is 2. The Kier molecular flexibility index (Phi) is 3.14. The fourth-order valence-electron chi connectivity index (χ4n) is 1.91. The van der Waals surface area contributed by atoms with E-state index in [9.17, 15) is 13.2 Å². The maximum absolute atomic E-state index is 12.6. The fourth-order valence-corrected chi connectivity index (χ4v) is 1.91. The number of methoxy groups -OCH3 is 1. The van der Waals surface area contributed by atoms with Crippen molar-refractivity contribution in [2.45, 2.75) is 30.9 Å². The van der Waals surface area contributed by atoms with Gasteiger partial charge >= 0.3 is 6.18 Å². The van der Waals surface area contributed by atoms with E-state index >= 15 is 0 Å². The van der Waals surface area contributed by atoms with Crippen molar-refractivity contribution in [3.05, 3.63) is 35.9 Å². The highest BCUT2D eigenvalue weighted by Crippen LogP contribution is 2.51. The van der Waals surface area contributed by atoms with Crippen LogP contribution in [0.15, 0.2) is 30.3 Å². The first-order chi connectivity index (χ1) is 7.99. The van der Waals surface area contributed by atoms with Crippen LogP contribution in [-0.2, 0) is 15.9 Å². The highest BCUT2D eigenvalue weighted by atomic mass is 19.4. The third-order valence-electron chi connectivity index (χ3n) is 2.92. The van der Waals surface area contributed by atoms with E-state index in [2.05, 4.69) is 4.74 Å². The van der Waals surface area contributed by atoms with Gasteiger partial charge in [0.25, 0.3) is 5.79 Å². The third-order valence-corrected chi connectivity index (χ3v) is 2.92. The molecule has 0 radical (unpaired) electrons. The minimum Gasteiger partial charge on any atom is -0.344 e. The summed E-state index contributed by atoms with van der Waals surface area (Å²) in [4.78, 5) is 0. The van der Waals surface area contributed by atoms with Crippen LogP contribution in [0.1, 0.15) is 12.0 Å². The number of hydrogen-bond donors (Lipinski definition) is 0. The van der Waals surface area contributed by atoms with Crippen LogP contribution in [0.25, 0.3) is 0 Å². The van der Waals surface area contributed by atoms with Gasteiger partial charge in [0.05, 0.1) is 0 Å². The maximum Gasteiger partial charge on any atom is 0.446 e. The van der Waals surface area contributed by atoms with Crippen molar-refractivity contribution in [3.8, 4) is 0 Å². The Balaban J connectivity index is 1.91. The van der Waals surface area contributed by atoms with Crippen LogP contribution in [0.2, 0.25) is 0 Å². The second-order valence-corrected chi connectivity index (χ2v) is 4.00. The van der Waals surface area contributed by atoms with E-state index in [1.165, 1.54) is 0 Å². The van der Waals surface area contributed by atoms with Crippen LogP contribution >= 0.6 is 0 Å². The Labute approximate surface area is 97.3 Å². The second kappa shape index (κ2) is 4.31. The Bertz CT molecular complexity index is 377. The van der Waals surface area contributed by atoms with Crippen LogP contribution in [0.3, 0.4) is 0 Å². The number of rotatable bonds is 4. The van der Waals surface area contributed by atoms with Crippen molar-refractivity contribution < 1.29 is 22.6 Å².